The molecule has 0 bridgehead atoms. The van der Waals surface area contributed by atoms with Crippen molar-refractivity contribution in [2.24, 2.45) is 0 Å². The molecule has 0 heterocycles. The van der Waals surface area contributed by atoms with Gasteiger partial charge in [-0.15, -0.1) is 0 Å². The van der Waals surface area contributed by atoms with E-state index in [2.05, 4.69) is 42.6 Å². The van der Waals surface area contributed by atoms with Crippen molar-refractivity contribution in [2.45, 2.75) is 19.4 Å². The lowest BCUT2D eigenvalue weighted by Gasteiger charge is -2.17. The average molecular weight is 285 g/mol. The van der Waals surface area contributed by atoms with Crippen LogP contribution in [0.2, 0.25) is 0 Å². The Morgan fingerprint density at radius 2 is 1.81 bits per heavy atom. The lowest BCUT2D eigenvalue weighted by atomic mass is 9.97. The summed E-state index contributed by atoms with van der Waals surface area (Å²) in [4.78, 5) is 0. The van der Waals surface area contributed by atoms with Crippen LogP contribution in [0, 0.1) is 0 Å². The van der Waals surface area contributed by atoms with Crippen molar-refractivity contribution >= 4 is 0 Å². The van der Waals surface area contributed by atoms with Gasteiger partial charge in [-0.05, 0) is 36.7 Å². The second-order valence-corrected chi connectivity index (χ2v) is 4.92. The number of ether oxygens (including phenoxy) is 2. The Bertz CT molecular complexity index is 592. The molecule has 2 rings (SSSR count). The third kappa shape index (κ3) is 3.19. The van der Waals surface area contributed by atoms with Crippen molar-refractivity contribution in [2.75, 3.05) is 21.3 Å². The molecule has 2 aromatic carbocycles. The minimum Gasteiger partial charge on any atom is -0.493 e. The molecule has 0 amide bonds. The normalized spacial score (nSPS) is 12.0. The molecular formula is C18H23NO2. The van der Waals surface area contributed by atoms with Crippen molar-refractivity contribution in [1.82, 2.24) is 5.32 Å². The molecule has 3 heteroatoms. The molecule has 3 nitrogen and oxygen atoms in total. The molecule has 0 radical (unpaired) electrons. The minimum absolute atomic E-state index is 0.363. The first-order valence-corrected chi connectivity index (χ1v) is 7.23. The minimum atomic E-state index is 0.363. The number of benzene rings is 2. The summed E-state index contributed by atoms with van der Waals surface area (Å²) in [5, 5.41) is 3.34. The van der Waals surface area contributed by atoms with Gasteiger partial charge < -0.3 is 14.8 Å². The largest absolute Gasteiger partial charge is 0.493 e. The maximum Gasteiger partial charge on any atom is 0.168 e. The predicted octanol–water partition coefficient (Wildman–Crippen LogP) is 4.04. The highest BCUT2D eigenvalue weighted by Gasteiger charge is 2.13. The van der Waals surface area contributed by atoms with Gasteiger partial charge in [0.1, 0.15) is 0 Å². The monoisotopic (exact) mass is 285 g/mol. The molecule has 2 aromatic rings. The number of nitrogens with one attached hydrogen (secondary N) is 1. The summed E-state index contributed by atoms with van der Waals surface area (Å²) < 4.78 is 10.9. The van der Waals surface area contributed by atoms with E-state index in [0.29, 0.717) is 6.04 Å². The van der Waals surface area contributed by atoms with Crippen LogP contribution in [0.3, 0.4) is 0 Å². The SMILES string of the molecule is CCC(NC)c1cccc(-c2cccc(OC)c2OC)c1. The number of hydrogen-bond donors (Lipinski definition) is 1. The molecule has 0 saturated carbocycles. The standard InChI is InChI=1S/C18H23NO2/c1-5-16(19-2)14-9-6-8-13(12-14)15-10-7-11-17(20-3)18(15)21-4/h6-12,16,19H,5H2,1-4H3. The fraction of sp³-hybridized carbons (Fsp3) is 0.333. The second-order valence-electron chi connectivity index (χ2n) is 4.92. The Morgan fingerprint density at radius 1 is 1.05 bits per heavy atom. The van der Waals surface area contributed by atoms with E-state index in [1.165, 1.54) is 5.56 Å². The third-order valence-electron chi connectivity index (χ3n) is 3.76. The van der Waals surface area contributed by atoms with Gasteiger partial charge in [-0.2, -0.15) is 0 Å². The molecule has 0 aliphatic heterocycles. The molecule has 1 atom stereocenters. The van der Waals surface area contributed by atoms with Crippen LogP contribution in [-0.4, -0.2) is 21.3 Å². The third-order valence-corrected chi connectivity index (χ3v) is 3.76. The summed E-state index contributed by atoms with van der Waals surface area (Å²) in [5.41, 5.74) is 3.46. The fourth-order valence-electron chi connectivity index (χ4n) is 2.64. The molecule has 0 fully saturated rings. The van der Waals surface area contributed by atoms with Crippen LogP contribution in [0.1, 0.15) is 24.9 Å². The average Bonchev–Trinajstić information content (AvgIpc) is 2.55. The number of methoxy groups -OCH3 is 2. The number of hydrogen-bond acceptors (Lipinski definition) is 3. The van der Waals surface area contributed by atoms with Crippen LogP contribution in [0.5, 0.6) is 11.5 Å². The number of para-hydroxylation sites is 1. The zero-order valence-electron chi connectivity index (χ0n) is 13.1. The highest BCUT2D eigenvalue weighted by atomic mass is 16.5. The summed E-state index contributed by atoms with van der Waals surface area (Å²) in [7, 11) is 5.33. The summed E-state index contributed by atoms with van der Waals surface area (Å²) >= 11 is 0. The lowest BCUT2D eigenvalue weighted by molar-refractivity contribution is 0.356. The Hall–Kier alpha value is -2.00. The molecule has 0 aliphatic carbocycles. The molecular weight excluding hydrogens is 262 g/mol. The van der Waals surface area contributed by atoms with Crippen molar-refractivity contribution in [3.8, 4) is 22.6 Å². The predicted molar refractivity (Wildman–Crippen MR) is 87.1 cm³/mol. The summed E-state index contributed by atoms with van der Waals surface area (Å²) in [6.07, 6.45) is 1.05. The van der Waals surface area contributed by atoms with Gasteiger partial charge in [-0.1, -0.05) is 37.3 Å². The van der Waals surface area contributed by atoms with E-state index in [-0.39, 0.29) is 0 Å². The van der Waals surface area contributed by atoms with Crippen molar-refractivity contribution in [1.29, 1.82) is 0 Å². The molecule has 112 valence electrons. The molecule has 0 spiro atoms. The van der Waals surface area contributed by atoms with Gasteiger partial charge in [0.25, 0.3) is 0 Å². The van der Waals surface area contributed by atoms with Crippen LogP contribution in [-0.2, 0) is 0 Å². The molecule has 1 N–H and O–H groups in total. The zero-order chi connectivity index (χ0) is 15.2. The molecule has 21 heavy (non-hydrogen) atoms. The van der Waals surface area contributed by atoms with Gasteiger partial charge >= 0.3 is 0 Å². The second kappa shape index (κ2) is 7.14. The van der Waals surface area contributed by atoms with Crippen molar-refractivity contribution in [3.63, 3.8) is 0 Å². The van der Waals surface area contributed by atoms with Crippen LogP contribution < -0.4 is 14.8 Å². The van der Waals surface area contributed by atoms with Crippen LogP contribution >= 0.6 is 0 Å². The Kier molecular flexibility index (Phi) is 5.23. The van der Waals surface area contributed by atoms with Gasteiger partial charge in [0.15, 0.2) is 11.5 Å². The van der Waals surface area contributed by atoms with Gasteiger partial charge in [-0.25, -0.2) is 0 Å². The summed E-state index contributed by atoms with van der Waals surface area (Å²) in [5.74, 6) is 1.52. The molecule has 1 unspecified atom stereocenters. The fourth-order valence-corrected chi connectivity index (χ4v) is 2.64. The van der Waals surface area contributed by atoms with Crippen molar-refractivity contribution in [3.05, 3.63) is 48.0 Å². The quantitative estimate of drug-likeness (QED) is 0.869. The van der Waals surface area contributed by atoms with E-state index in [4.69, 9.17) is 9.47 Å². The highest BCUT2D eigenvalue weighted by molar-refractivity contribution is 5.74. The van der Waals surface area contributed by atoms with Gasteiger partial charge in [0.2, 0.25) is 0 Å². The molecule has 0 aliphatic rings. The number of rotatable bonds is 6. The lowest BCUT2D eigenvalue weighted by Crippen LogP contribution is -2.15. The first-order valence-electron chi connectivity index (χ1n) is 7.23. The maximum atomic E-state index is 5.53. The Balaban J connectivity index is 2.50. The van der Waals surface area contributed by atoms with E-state index in [1.807, 2.05) is 19.2 Å². The van der Waals surface area contributed by atoms with E-state index in [9.17, 15) is 0 Å². The Labute approximate surface area is 126 Å². The topological polar surface area (TPSA) is 30.5 Å². The van der Waals surface area contributed by atoms with Gasteiger partial charge in [0.05, 0.1) is 14.2 Å². The zero-order valence-corrected chi connectivity index (χ0v) is 13.1. The van der Waals surface area contributed by atoms with Crippen LogP contribution in [0.15, 0.2) is 42.5 Å². The molecule has 0 saturated heterocycles. The van der Waals surface area contributed by atoms with E-state index >= 15 is 0 Å². The summed E-state index contributed by atoms with van der Waals surface area (Å²) in [6.45, 7) is 2.18. The smallest absolute Gasteiger partial charge is 0.168 e. The van der Waals surface area contributed by atoms with Crippen molar-refractivity contribution < 1.29 is 9.47 Å². The Morgan fingerprint density at radius 3 is 2.43 bits per heavy atom. The van der Waals surface area contributed by atoms with Crippen LogP contribution in [0.4, 0.5) is 0 Å². The first kappa shape index (κ1) is 15.4. The van der Waals surface area contributed by atoms with E-state index < -0.39 is 0 Å². The van der Waals surface area contributed by atoms with Gasteiger partial charge in [0, 0.05) is 11.6 Å². The first-order chi connectivity index (χ1) is 10.2. The van der Waals surface area contributed by atoms with Crippen LogP contribution in [0.25, 0.3) is 11.1 Å². The van der Waals surface area contributed by atoms with E-state index in [1.54, 1.807) is 14.2 Å². The van der Waals surface area contributed by atoms with Gasteiger partial charge in [-0.3, -0.25) is 0 Å². The molecule has 0 aromatic heterocycles. The highest BCUT2D eigenvalue weighted by Crippen LogP contribution is 2.38. The maximum absolute atomic E-state index is 5.53. The summed E-state index contributed by atoms with van der Waals surface area (Å²) in [6, 6.07) is 14.9. The van der Waals surface area contributed by atoms with E-state index in [0.717, 1.165) is 29.0 Å².